The number of carboxylic acids is 1. The first-order valence-corrected chi connectivity index (χ1v) is 7.44. The maximum Gasteiger partial charge on any atom is 0.330 e. The number of nitrogens with one attached hydrogen (secondary N) is 1. The number of aryl methyl sites for hydroxylation is 1. The Morgan fingerprint density at radius 3 is 2.56 bits per heavy atom. The number of benzene rings is 1. The molecule has 1 aromatic rings. The van der Waals surface area contributed by atoms with Crippen molar-refractivity contribution in [2.75, 3.05) is 16.8 Å². The minimum atomic E-state index is -3.28. The highest BCUT2D eigenvalue weighted by molar-refractivity contribution is 7.91. The van der Waals surface area contributed by atoms with Crippen molar-refractivity contribution in [1.29, 1.82) is 0 Å². The molecule has 0 aliphatic carbocycles. The summed E-state index contributed by atoms with van der Waals surface area (Å²) in [6.07, 6.45) is 0.0962. The van der Waals surface area contributed by atoms with Crippen LogP contribution in [0.4, 0.5) is 5.69 Å². The normalized spacial score (nSPS) is 25.8. The van der Waals surface area contributed by atoms with Gasteiger partial charge in [0.25, 0.3) is 0 Å². The molecule has 0 amide bonds. The van der Waals surface area contributed by atoms with E-state index in [2.05, 4.69) is 5.32 Å². The fourth-order valence-corrected chi connectivity index (χ4v) is 4.04. The van der Waals surface area contributed by atoms with Crippen molar-refractivity contribution in [3.05, 3.63) is 29.8 Å². The quantitative estimate of drug-likeness (QED) is 0.857. The van der Waals surface area contributed by atoms with Crippen LogP contribution in [0.5, 0.6) is 0 Å². The van der Waals surface area contributed by atoms with Gasteiger partial charge in [0.05, 0.1) is 11.5 Å². The second kappa shape index (κ2) is 4.28. The zero-order valence-electron chi connectivity index (χ0n) is 10.0. The Balaban J connectivity index is 2.35. The Morgan fingerprint density at radius 2 is 2.06 bits per heavy atom. The largest absolute Gasteiger partial charge is 0.479 e. The number of carboxylic acid groups (broad SMARTS) is 1. The van der Waals surface area contributed by atoms with Crippen LogP contribution < -0.4 is 5.32 Å². The van der Waals surface area contributed by atoms with E-state index in [4.69, 9.17) is 0 Å². The fraction of sp³-hybridized carbons (Fsp3) is 0.417. The van der Waals surface area contributed by atoms with E-state index in [-0.39, 0.29) is 17.9 Å². The molecule has 1 unspecified atom stereocenters. The number of sulfone groups is 1. The van der Waals surface area contributed by atoms with Crippen LogP contribution in [-0.2, 0) is 14.6 Å². The highest BCUT2D eigenvalue weighted by Gasteiger charge is 2.48. The van der Waals surface area contributed by atoms with Crippen LogP contribution in [0.3, 0.4) is 0 Å². The fourth-order valence-electron chi connectivity index (χ4n) is 2.14. The van der Waals surface area contributed by atoms with Crippen LogP contribution in [0.1, 0.15) is 12.0 Å². The lowest BCUT2D eigenvalue weighted by Crippen LogP contribution is -2.47. The van der Waals surface area contributed by atoms with Crippen LogP contribution in [0.25, 0.3) is 0 Å². The zero-order valence-corrected chi connectivity index (χ0v) is 10.8. The van der Waals surface area contributed by atoms with Crippen molar-refractivity contribution >= 4 is 21.5 Å². The number of aliphatic carboxylic acids is 1. The second-order valence-corrected chi connectivity index (χ2v) is 6.85. The van der Waals surface area contributed by atoms with E-state index in [0.29, 0.717) is 5.69 Å². The van der Waals surface area contributed by atoms with Gasteiger partial charge in [0.15, 0.2) is 15.4 Å². The molecule has 6 heteroatoms. The van der Waals surface area contributed by atoms with E-state index in [1.807, 2.05) is 19.1 Å². The lowest BCUT2D eigenvalue weighted by molar-refractivity contribution is -0.141. The van der Waals surface area contributed by atoms with Gasteiger partial charge in [0.2, 0.25) is 0 Å². The van der Waals surface area contributed by atoms with Gasteiger partial charge >= 0.3 is 5.97 Å². The minimum Gasteiger partial charge on any atom is -0.479 e. The number of anilines is 1. The monoisotopic (exact) mass is 269 g/mol. The lowest BCUT2D eigenvalue weighted by Gasteiger charge is -2.26. The van der Waals surface area contributed by atoms with E-state index in [1.54, 1.807) is 12.1 Å². The number of rotatable bonds is 3. The number of para-hydroxylation sites is 1. The Hall–Kier alpha value is -1.56. The summed E-state index contributed by atoms with van der Waals surface area (Å²) in [4.78, 5) is 11.4. The molecular weight excluding hydrogens is 254 g/mol. The molecule has 0 aromatic heterocycles. The topological polar surface area (TPSA) is 83.5 Å². The summed E-state index contributed by atoms with van der Waals surface area (Å²) in [6, 6.07) is 7.24. The van der Waals surface area contributed by atoms with E-state index in [1.165, 1.54) is 0 Å². The molecule has 1 saturated heterocycles. The third-order valence-corrected chi connectivity index (χ3v) is 4.99. The third kappa shape index (κ3) is 2.33. The van der Waals surface area contributed by atoms with Crippen molar-refractivity contribution in [3.63, 3.8) is 0 Å². The van der Waals surface area contributed by atoms with Gasteiger partial charge in [-0.05, 0) is 25.0 Å². The van der Waals surface area contributed by atoms with Crippen LogP contribution >= 0.6 is 0 Å². The molecule has 98 valence electrons. The van der Waals surface area contributed by atoms with Crippen molar-refractivity contribution in [1.82, 2.24) is 0 Å². The maximum absolute atomic E-state index is 11.5. The smallest absolute Gasteiger partial charge is 0.330 e. The van der Waals surface area contributed by atoms with E-state index >= 15 is 0 Å². The van der Waals surface area contributed by atoms with Gasteiger partial charge < -0.3 is 10.4 Å². The number of hydrogen-bond donors (Lipinski definition) is 2. The first-order chi connectivity index (χ1) is 8.35. The Bertz CT molecular complexity index is 581. The van der Waals surface area contributed by atoms with Crippen molar-refractivity contribution in [3.8, 4) is 0 Å². The van der Waals surface area contributed by atoms with Gasteiger partial charge in [-0.2, -0.15) is 0 Å². The van der Waals surface area contributed by atoms with Crippen LogP contribution in [0.2, 0.25) is 0 Å². The summed E-state index contributed by atoms with van der Waals surface area (Å²) in [5.74, 6) is -1.56. The van der Waals surface area contributed by atoms with Crippen LogP contribution in [-0.4, -0.2) is 36.5 Å². The summed E-state index contributed by atoms with van der Waals surface area (Å²) >= 11 is 0. The molecule has 2 N–H and O–H groups in total. The highest BCUT2D eigenvalue weighted by atomic mass is 32.2. The molecular formula is C12H15NO4S. The molecule has 1 heterocycles. The average Bonchev–Trinajstić information content (AvgIpc) is 2.59. The van der Waals surface area contributed by atoms with Gasteiger partial charge in [0.1, 0.15) is 0 Å². The maximum atomic E-state index is 11.5. The van der Waals surface area contributed by atoms with Crippen LogP contribution in [0.15, 0.2) is 24.3 Å². The molecule has 1 atom stereocenters. The van der Waals surface area contributed by atoms with Gasteiger partial charge in [-0.3, -0.25) is 0 Å². The SMILES string of the molecule is Cc1ccccc1NC1(C(=O)O)CCS(=O)(=O)C1. The van der Waals surface area contributed by atoms with Gasteiger partial charge in [-0.25, -0.2) is 13.2 Å². The predicted octanol–water partition coefficient (Wildman–Crippen LogP) is 1.05. The number of hydrogen-bond acceptors (Lipinski definition) is 4. The number of carbonyl (C=O) groups is 1. The molecule has 1 aliphatic heterocycles. The molecule has 0 saturated carbocycles. The van der Waals surface area contributed by atoms with Crippen molar-refractivity contribution in [2.45, 2.75) is 18.9 Å². The Morgan fingerprint density at radius 1 is 1.39 bits per heavy atom. The van der Waals surface area contributed by atoms with Gasteiger partial charge in [-0.15, -0.1) is 0 Å². The molecule has 1 fully saturated rings. The van der Waals surface area contributed by atoms with Crippen LogP contribution in [0, 0.1) is 6.92 Å². The third-order valence-electron chi connectivity index (χ3n) is 3.23. The summed E-state index contributed by atoms with van der Waals surface area (Å²) in [5, 5.41) is 12.2. The highest BCUT2D eigenvalue weighted by Crippen LogP contribution is 2.29. The summed E-state index contributed by atoms with van der Waals surface area (Å²) in [7, 11) is -3.28. The minimum absolute atomic E-state index is 0.0851. The lowest BCUT2D eigenvalue weighted by atomic mass is 9.98. The summed E-state index contributed by atoms with van der Waals surface area (Å²) in [6.45, 7) is 1.85. The molecule has 0 bridgehead atoms. The van der Waals surface area contributed by atoms with E-state index in [0.717, 1.165) is 5.56 Å². The summed E-state index contributed by atoms with van der Waals surface area (Å²) in [5.41, 5.74) is 0.157. The summed E-state index contributed by atoms with van der Waals surface area (Å²) < 4.78 is 23.0. The zero-order chi connectivity index (χ0) is 13.4. The molecule has 5 nitrogen and oxygen atoms in total. The predicted molar refractivity (Wildman–Crippen MR) is 68.4 cm³/mol. The van der Waals surface area contributed by atoms with E-state index < -0.39 is 21.3 Å². The molecule has 1 aliphatic rings. The van der Waals surface area contributed by atoms with E-state index in [9.17, 15) is 18.3 Å². The molecule has 0 radical (unpaired) electrons. The van der Waals surface area contributed by atoms with Crippen molar-refractivity contribution in [2.24, 2.45) is 0 Å². The molecule has 0 spiro atoms. The Kier molecular flexibility index (Phi) is 3.06. The average molecular weight is 269 g/mol. The first-order valence-electron chi connectivity index (χ1n) is 5.62. The molecule has 1 aromatic carbocycles. The second-order valence-electron chi connectivity index (χ2n) is 4.67. The Labute approximate surface area is 106 Å². The van der Waals surface area contributed by atoms with Crippen molar-refractivity contribution < 1.29 is 18.3 Å². The molecule has 2 rings (SSSR count). The molecule has 18 heavy (non-hydrogen) atoms. The first kappa shape index (κ1) is 12.9. The van der Waals surface area contributed by atoms with Gasteiger partial charge in [-0.1, -0.05) is 18.2 Å². The van der Waals surface area contributed by atoms with Gasteiger partial charge in [0, 0.05) is 5.69 Å². The standard InChI is InChI=1S/C12H15NO4S/c1-9-4-2-3-5-10(9)13-12(11(14)15)6-7-18(16,17)8-12/h2-5,13H,6-8H2,1H3,(H,14,15).